The second kappa shape index (κ2) is 5.11. The number of methoxy groups -OCH3 is 1. The molecule has 1 aromatic rings. The number of rotatable bonds is 5. The van der Waals surface area contributed by atoms with E-state index in [9.17, 15) is 18.0 Å². The Morgan fingerprint density at radius 3 is 2.75 bits per heavy atom. The smallest absolute Gasteiger partial charge is 0.385 e. The number of aromatic nitrogens is 2. The second-order valence-electron chi connectivity index (χ2n) is 3.14. The van der Waals surface area contributed by atoms with Crippen LogP contribution in [0.15, 0.2) is 6.07 Å². The number of aryl methyl sites for hydroxylation is 1. The summed E-state index contributed by atoms with van der Waals surface area (Å²) in [6, 6.07) is 0.736. The lowest BCUT2D eigenvalue weighted by molar-refractivity contribution is -0.141. The highest BCUT2D eigenvalue weighted by Gasteiger charge is 2.34. The summed E-state index contributed by atoms with van der Waals surface area (Å²) in [5.74, 6) is 0. The molecule has 0 saturated carbocycles. The largest absolute Gasteiger partial charge is 0.435 e. The number of nitrogens with zero attached hydrogens (tertiary/aromatic N) is 2. The molecule has 0 saturated heterocycles. The molecule has 90 valence electrons. The van der Waals surface area contributed by atoms with E-state index in [1.807, 2.05) is 0 Å². The summed E-state index contributed by atoms with van der Waals surface area (Å²) in [6.07, 6.45) is -3.67. The van der Waals surface area contributed by atoms with Gasteiger partial charge in [0.25, 0.3) is 0 Å². The number of alkyl halides is 3. The van der Waals surface area contributed by atoms with Gasteiger partial charge in [-0.2, -0.15) is 18.3 Å². The predicted octanol–water partition coefficient (Wildman–Crippen LogP) is 1.75. The molecule has 4 nitrogen and oxygen atoms in total. The van der Waals surface area contributed by atoms with Crippen LogP contribution in [0.3, 0.4) is 0 Å². The van der Waals surface area contributed by atoms with Gasteiger partial charge >= 0.3 is 6.18 Å². The second-order valence-corrected chi connectivity index (χ2v) is 3.14. The summed E-state index contributed by atoms with van der Waals surface area (Å²) in [5.41, 5.74) is -1.13. The average Bonchev–Trinajstić information content (AvgIpc) is 2.61. The highest BCUT2D eigenvalue weighted by atomic mass is 19.4. The van der Waals surface area contributed by atoms with E-state index in [4.69, 9.17) is 4.74 Å². The molecule has 0 bridgehead atoms. The van der Waals surface area contributed by atoms with Crippen molar-refractivity contribution >= 4 is 6.29 Å². The Labute approximate surface area is 90.0 Å². The van der Waals surface area contributed by atoms with Crippen LogP contribution in [0, 0.1) is 0 Å². The first-order valence-electron chi connectivity index (χ1n) is 4.58. The number of carbonyl (C=O) groups excluding carboxylic acids is 1. The maximum absolute atomic E-state index is 12.3. The van der Waals surface area contributed by atoms with E-state index in [0.717, 1.165) is 10.7 Å². The molecule has 16 heavy (non-hydrogen) atoms. The molecule has 0 radical (unpaired) electrons. The van der Waals surface area contributed by atoms with Gasteiger partial charge in [0.2, 0.25) is 0 Å². The fourth-order valence-corrected chi connectivity index (χ4v) is 1.20. The van der Waals surface area contributed by atoms with Gasteiger partial charge in [0.05, 0.1) is 0 Å². The number of hydrogen-bond acceptors (Lipinski definition) is 3. The van der Waals surface area contributed by atoms with Crippen LogP contribution in [0.25, 0.3) is 0 Å². The third-order valence-electron chi connectivity index (χ3n) is 1.94. The van der Waals surface area contributed by atoms with E-state index in [-0.39, 0.29) is 12.2 Å². The fraction of sp³-hybridized carbons (Fsp3) is 0.556. The summed E-state index contributed by atoms with van der Waals surface area (Å²) in [4.78, 5) is 10.5. The van der Waals surface area contributed by atoms with Gasteiger partial charge in [-0.3, -0.25) is 9.48 Å². The Kier molecular flexibility index (Phi) is 4.05. The van der Waals surface area contributed by atoms with Crippen molar-refractivity contribution < 1.29 is 22.7 Å². The molecule has 0 spiro atoms. The van der Waals surface area contributed by atoms with Crippen molar-refractivity contribution in [2.75, 3.05) is 13.7 Å². The lowest BCUT2D eigenvalue weighted by atomic mass is 10.3. The number of carbonyl (C=O) groups is 1. The molecule has 0 aliphatic heterocycles. The quantitative estimate of drug-likeness (QED) is 0.578. The molecule has 0 amide bonds. The van der Waals surface area contributed by atoms with Crippen molar-refractivity contribution in [2.24, 2.45) is 0 Å². The summed E-state index contributed by atoms with van der Waals surface area (Å²) in [7, 11) is 1.49. The molecule has 0 atom stereocenters. The van der Waals surface area contributed by atoms with Crippen LogP contribution in [0.5, 0.6) is 0 Å². The Morgan fingerprint density at radius 1 is 1.56 bits per heavy atom. The van der Waals surface area contributed by atoms with Crippen molar-refractivity contribution in [3.8, 4) is 0 Å². The highest BCUT2D eigenvalue weighted by molar-refractivity contribution is 5.72. The third-order valence-corrected chi connectivity index (χ3v) is 1.94. The summed E-state index contributed by atoms with van der Waals surface area (Å²) < 4.78 is 42.7. The molecule has 1 aromatic heterocycles. The fourth-order valence-electron chi connectivity index (χ4n) is 1.20. The van der Waals surface area contributed by atoms with Crippen molar-refractivity contribution in [1.82, 2.24) is 9.78 Å². The van der Waals surface area contributed by atoms with E-state index < -0.39 is 11.9 Å². The zero-order valence-corrected chi connectivity index (χ0v) is 8.62. The van der Waals surface area contributed by atoms with Crippen molar-refractivity contribution in [1.29, 1.82) is 0 Å². The summed E-state index contributed by atoms with van der Waals surface area (Å²) in [5, 5.41) is 3.33. The van der Waals surface area contributed by atoms with Gasteiger partial charge in [0.15, 0.2) is 12.0 Å². The molecule has 0 aromatic carbocycles. The van der Waals surface area contributed by atoms with Gasteiger partial charge in [0.1, 0.15) is 5.69 Å². The molecule has 0 aliphatic rings. The zero-order valence-electron chi connectivity index (χ0n) is 8.62. The SMILES string of the molecule is COCCCn1nc(C(F)(F)F)cc1C=O. The minimum Gasteiger partial charge on any atom is -0.385 e. The van der Waals surface area contributed by atoms with Crippen LogP contribution in [0.2, 0.25) is 0 Å². The molecule has 0 aliphatic carbocycles. The normalized spacial score (nSPS) is 11.8. The summed E-state index contributed by atoms with van der Waals surface area (Å²) in [6.45, 7) is 0.623. The van der Waals surface area contributed by atoms with Crippen molar-refractivity contribution in [3.63, 3.8) is 0 Å². The van der Waals surface area contributed by atoms with Gasteiger partial charge in [-0.15, -0.1) is 0 Å². The van der Waals surface area contributed by atoms with Crippen LogP contribution in [-0.2, 0) is 17.5 Å². The maximum Gasteiger partial charge on any atom is 0.435 e. The number of halogens is 3. The molecule has 1 heterocycles. The molecule has 1 rings (SSSR count). The molecule has 7 heteroatoms. The van der Waals surface area contributed by atoms with Gasteiger partial charge in [-0.25, -0.2) is 0 Å². The maximum atomic E-state index is 12.3. The molecule has 0 fully saturated rings. The van der Waals surface area contributed by atoms with Crippen molar-refractivity contribution in [2.45, 2.75) is 19.1 Å². The first-order chi connectivity index (χ1) is 7.49. The first kappa shape index (κ1) is 12.7. The Balaban J connectivity index is 2.83. The van der Waals surface area contributed by atoms with Crippen molar-refractivity contribution in [3.05, 3.63) is 17.5 Å². The van der Waals surface area contributed by atoms with Crippen LogP contribution in [0.4, 0.5) is 13.2 Å². The first-order valence-corrected chi connectivity index (χ1v) is 4.58. The van der Waals surface area contributed by atoms with Crippen LogP contribution in [-0.4, -0.2) is 29.8 Å². The highest BCUT2D eigenvalue weighted by Crippen LogP contribution is 2.28. The van der Waals surface area contributed by atoms with Gasteiger partial charge in [-0.1, -0.05) is 0 Å². The van der Waals surface area contributed by atoms with Crippen LogP contribution < -0.4 is 0 Å². The minimum atomic E-state index is -4.52. The molecule has 0 N–H and O–H groups in total. The summed E-state index contributed by atoms with van der Waals surface area (Å²) >= 11 is 0. The zero-order chi connectivity index (χ0) is 12.2. The van der Waals surface area contributed by atoms with Gasteiger partial charge in [-0.05, 0) is 12.5 Å². The van der Waals surface area contributed by atoms with E-state index in [2.05, 4.69) is 5.10 Å². The Bertz CT molecular complexity index is 360. The monoisotopic (exact) mass is 236 g/mol. The molecule has 0 unspecified atom stereocenters. The molecular weight excluding hydrogens is 225 g/mol. The number of aldehydes is 1. The average molecular weight is 236 g/mol. The van der Waals surface area contributed by atoms with E-state index >= 15 is 0 Å². The van der Waals surface area contributed by atoms with Crippen LogP contribution >= 0.6 is 0 Å². The van der Waals surface area contributed by atoms with E-state index in [1.54, 1.807) is 0 Å². The number of ether oxygens (including phenoxy) is 1. The number of hydrogen-bond donors (Lipinski definition) is 0. The molecular formula is C9H11F3N2O2. The standard InChI is InChI=1S/C9H11F3N2O2/c1-16-4-2-3-14-7(6-15)5-8(13-14)9(10,11)12/h5-6H,2-4H2,1H3. The van der Waals surface area contributed by atoms with Crippen LogP contribution in [0.1, 0.15) is 22.6 Å². The Morgan fingerprint density at radius 2 is 2.25 bits per heavy atom. The lowest BCUT2D eigenvalue weighted by Gasteiger charge is -2.03. The van der Waals surface area contributed by atoms with E-state index in [1.165, 1.54) is 7.11 Å². The van der Waals surface area contributed by atoms with Gasteiger partial charge in [0, 0.05) is 20.3 Å². The third kappa shape index (κ3) is 3.06. The lowest BCUT2D eigenvalue weighted by Crippen LogP contribution is -2.10. The van der Waals surface area contributed by atoms with Gasteiger partial charge < -0.3 is 4.74 Å². The minimum absolute atomic E-state index is 0.0802. The predicted molar refractivity (Wildman–Crippen MR) is 49.1 cm³/mol. The topological polar surface area (TPSA) is 44.1 Å². The Hall–Kier alpha value is -1.37. The van der Waals surface area contributed by atoms with E-state index in [0.29, 0.717) is 19.3 Å².